The Bertz CT molecular complexity index is 682. The van der Waals surface area contributed by atoms with Crippen molar-refractivity contribution in [2.24, 2.45) is 0 Å². The molecule has 19 heavy (non-hydrogen) atoms. The summed E-state index contributed by atoms with van der Waals surface area (Å²) in [5, 5.41) is 11.3. The Hall–Kier alpha value is -2.26. The summed E-state index contributed by atoms with van der Waals surface area (Å²) in [6, 6.07) is 15.6. The summed E-state index contributed by atoms with van der Waals surface area (Å²) in [6.45, 7) is 0. The van der Waals surface area contributed by atoms with Crippen molar-refractivity contribution in [3.05, 3.63) is 72.2 Å². The molecule has 0 bridgehead atoms. The van der Waals surface area contributed by atoms with Crippen LogP contribution >= 0.6 is 0 Å². The maximum atomic E-state index is 10.2. The zero-order valence-corrected chi connectivity index (χ0v) is 10.4. The molecule has 2 aromatic heterocycles. The number of hydrogen-bond acceptors (Lipinski definition) is 3. The van der Waals surface area contributed by atoms with Gasteiger partial charge < -0.3 is 5.11 Å². The standard InChI is InChI=1S/C16H14N2O/c19-16(10-12-4-3-9-17-11-12)15-8-7-13-5-1-2-6-14(13)18-15/h1-9,11,16,19H,10H2. The Kier molecular flexibility index (Phi) is 3.21. The summed E-state index contributed by atoms with van der Waals surface area (Å²) < 4.78 is 0. The van der Waals surface area contributed by atoms with Crippen LogP contribution < -0.4 is 0 Å². The highest BCUT2D eigenvalue weighted by molar-refractivity contribution is 5.78. The van der Waals surface area contributed by atoms with Gasteiger partial charge in [-0.15, -0.1) is 0 Å². The molecule has 0 aliphatic heterocycles. The lowest BCUT2D eigenvalue weighted by Crippen LogP contribution is -2.04. The first-order valence-electron chi connectivity index (χ1n) is 6.25. The summed E-state index contributed by atoms with van der Waals surface area (Å²) in [5.41, 5.74) is 2.61. The van der Waals surface area contributed by atoms with Crippen LogP contribution in [0.15, 0.2) is 60.9 Å². The second-order valence-corrected chi connectivity index (χ2v) is 4.51. The van der Waals surface area contributed by atoms with E-state index in [0.717, 1.165) is 16.5 Å². The zero-order chi connectivity index (χ0) is 13.1. The molecule has 0 saturated heterocycles. The second-order valence-electron chi connectivity index (χ2n) is 4.51. The molecule has 0 aliphatic carbocycles. The SMILES string of the molecule is OC(Cc1cccnc1)c1ccc2ccccc2n1. The Morgan fingerprint density at radius 2 is 1.89 bits per heavy atom. The number of hydrogen-bond donors (Lipinski definition) is 1. The summed E-state index contributed by atoms with van der Waals surface area (Å²) in [5.74, 6) is 0. The van der Waals surface area contributed by atoms with E-state index in [1.165, 1.54) is 0 Å². The highest BCUT2D eigenvalue weighted by atomic mass is 16.3. The van der Waals surface area contributed by atoms with Crippen molar-refractivity contribution >= 4 is 10.9 Å². The van der Waals surface area contributed by atoms with Crippen LogP contribution in [0.4, 0.5) is 0 Å². The normalized spacial score (nSPS) is 12.5. The molecule has 0 amide bonds. The van der Waals surface area contributed by atoms with Gasteiger partial charge in [-0.1, -0.05) is 30.3 Å². The third kappa shape index (κ3) is 2.61. The minimum absolute atomic E-state index is 0.527. The van der Waals surface area contributed by atoms with E-state index < -0.39 is 6.10 Å². The minimum atomic E-state index is -0.603. The molecule has 1 aromatic carbocycles. The topological polar surface area (TPSA) is 46.0 Å². The van der Waals surface area contributed by atoms with E-state index in [1.807, 2.05) is 48.5 Å². The van der Waals surface area contributed by atoms with Gasteiger partial charge in [0.1, 0.15) is 6.10 Å². The molecule has 3 nitrogen and oxygen atoms in total. The predicted molar refractivity (Wildman–Crippen MR) is 74.6 cm³/mol. The third-order valence-corrected chi connectivity index (χ3v) is 3.11. The third-order valence-electron chi connectivity index (χ3n) is 3.11. The first kappa shape index (κ1) is 11.8. The summed E-state index contributed by atoms with van der Waals surface area (Å²) in [4.78, 5) is 8.55. The summed E-state index contributed by atoms with van der Waals surface area (Å²) in [7, 11) is 0. The number of rotatable bonds is 3. The average molecular weight is 250 g/mol. The molecule has 3 aromatic rings. The van der Waals surface area contributed by atoms with Crippen molar-refractivity contribution in [3.63, 3.8) is 0 Å². The fourth-order valence-electron chi connectivity index (χ4n) is 2.11. The van der Waals surface area contributed by atoms with Gasteiger partial charge in [0.05, 0.1) is 11.2 Å². The molecule has 1 atom stereocenters. The Labute approximate surface area is 111 Å². The van der Waals surface area contributed by atoms with Gasteiger partial charge >= 0.3 is 0 Å². The van der Waals surface area contributed by atoms with Crippen LogP contribution in [0, 0.1) is 0 Å². The van der Waals surface area contributed by atoms with Gasteiger partial charge in [-0.3, -0.25) is 9.97 Å². The fraction of sp³-hybridized carbons (Fsp3) is 0.125. The molecule has 3 rings (SSSR count). The number of aromatic nitrogens is 2. The van der Waals surface area contributed by atoms with E-state index in [9.17, 15) is 5.11 Å². The van der Waals surface area contributed by atoms with Crippen LogP contribution in [-0.4, -0.2) is 15.1 Å². The van der Waals surface area contributed by atoms with Crippen molar-refractivity contribution in [1.29, 1.82) is 0 Å². The summed E-state index contributed by atoms with van der Waals surface area (Å²) in [6.07, 6.45) is 3.42. The molecule has 0 aliphatic rings. The van der Waals surface area contributed by atoms with Crippen molar-refractivity contribution in [3.8, 4) is 0 Å². The first-order valence-corrected chi connectivity index (χ1v) is 6.25. The van der Waals surface area contributed by atoms with Crippen LogP contribution in [-0.2, 0) is 6.42 Å². The zero-order valence-electron chi connectivity index (χ0n) is 10.4. The van der Waals surface area contributed by atoms with Gasteiger partial charge in [0, 0.05) is 24.2 Å². The number of aliphatic hydroxyl groups is 1. The number of benzene rings is 1. The number of pyridine rings is 2. The molecule has 0 fully saturated rings. The van der Waals surface area contributed by atoms with Gasteiger partial charge in [0.25, 0.3) is 0 Å². The van der Waals surface area contributed by atoms with E-state index >= 15 is 0 Å². The fourth-order valence-corrected chi connectivity index (χ4v) is 2.11. The van der Waals surface area contributed by atoms with Crippen LogP contribution in [0.5, 0.6) is 0 Å². The van der Waals surface area contributed by atoms with E-state index in [2.05, 4.69) is 9.97 Å². The van der Waals surface area contributed by atoms with E-state index in [-0.39, 0.29) is 0 Å². The molecule has 1 unspecified atom stereocenters. The molecule has 1 N–H and O–H groups in total. The van der Waals surface area contributed by atoms with Gasteiger partial charge in [0.15, 0.2) is 0 Å². The lowest BCUT2D eigenvalue weighted by Gasteiger charge is -2.10. The number of fused-ring (bicyclic) bond motifs is 1. The second kappa shape index (κ2) is 5.16. The van der Waals surface area contributed by atoms with Crippen LogP contribution in [0.3, 0.4) is 0 Å². The molecule has 0 spiro atoms. The molecule has 3 heteroatoms. The molecular formula is C16H14N2O. The Balaban J connectivity index is 1.87. The van der Waals surface area contributed by atoms with Crippen LogP contribution in [0.2, 0.25) is 0 Å². The lowest BCUT2D eigenvalue weighted by molar-refractivity contribution is 0.174. The number of aliphatic hydroxyl groups excluding tert-OH is 1. The Morgan fingerprint density at radius 1 is 1.00 bits per heavy atom. The number of nitrogens with zero attached hydrogens (tertiary/aromatic N) is 2. The summed E-state index contributed by atoms with van der Waals surface area (Å²) >= 11 is 0. The van der Waals surface area contributed by atoms with Crippen molar-refractivity contribution in [2.75, 3.05) is 0 Å². The quantitative estimate of drug-likeness (QED) is 0.777. The Morgan fingerprint density at radius 3 is 2.74 bits per heavy atom. The number of para-hydroxylation sites is 1. The van der Waals surface area contributed by atoms with Crippen LogP contribution in [0.25, 0.3) is 10.9 Å². The van der Waals surface area contributed by atoms with Gasteiger partial charge in [-0.25, -0.2) is 0 Å². The van der Waals surface area contributed by atoms with Crippen LogP contribution in [0.1, 0.15) is 17.4 Å². The molecular weight excluding hydrogens is 236 g/mol. The predicted octanol–water partition coefficient (Wildman–Crippen LogP) is 2.91. The van der Waals surface area contributed by atoms with Gasteiger partial charge in [0.2, 0.25) is 0 Å². The molecule has 0 radical (unpaired) electrons. The monoisotopic (exact) mass is 250 g/mol. The highest BCUT2D eigenvalue weighted by Crippen LogP contribution is 2.19. The lowest BCUT2D eigenvalue weighted by atomic mass is 10.1. The smallest absolute Gasteiger partial charge is 0.100 e. The van der Waals surface area contributed by atoms with Crippen molar-refractivity contribution < 1.29 is 5.11 Å². The van der Waals surface area contributed by atoms with Crippen molar-refractivity contribution in [2.45, 2.75) is 12.5 Å². The maximum absolute atomic E-state index is 10.2. The molecule has 0 saturated carbocycles. The minimum Gasteiger partial charge on any atom is -0.386 e. The van der Waals surface area contributed by atoms with E-state index in [1.54, 1.807) is 12.4 Å². The molecule has 2 heterocycles. The average Bonchev–Trinajstić information content (AvgIpc) is 2.48. The first-order chi connectivity index (χ1) is 9.33. The highest BCUT2D eigenvalue weighted by Gasteiger charge is 2.10. The largest absolute Gasteiger partial charge is 0.386 e. The van der Waals surface area contributed by atoms with Gasteiger partial charge in [-0.05, 0) is 23.8 Å². The van der Waals surface area contributed by atoms with Gasteiger partial charge in [-0.2, -0.15) is 0 Å². The van der Waals surface area contributed by atoms with E-state index in [0.29, 0.717) is 12.1 Å². The maximum Gasteiger partial charge on any atom is 0.100 e. The van der Waals surface area contributed by atoms with E-state index in [4.69, 9.17) is 0 Å². The molecule has 94 valence electrons. The van der Waals surface area contributed by atoms with Crippen molar-refractivity contribution in [1.82, 2.24) is 9.97 Å².